The zero-order valence-electron chi connectivity index (χ0n) is 19.0. The van der Waals surface area contributed by atoms with Gasteiger partial charge in [0.05, 0.1) is 18.7 Å². The number of para-hydroxylation sites is 1. The number of methoxy groups -OCH3 is 1. The van der Waals surface area contributed by atoms with E-state index in [1.54, 1.807) is 25.3 Å². The van der Waals surface area contributed by atoms with E-state index in [-0.39, 0.29) is 18.0 Å². The van der Waals surface area contributed by atoms with Crippen molar-refractivity contribution in [1.29, 1.82) is 0 Å². The Labute approximate surface area is 199 Å². The number of piperidine rings is 1. The number of nitrogens with one attached hydrogen (secondary N) is 2. The van der Waals surface area contributed by atoms with Crippen molar-refractivity contribution in [1.82, 2.24) is 10.2 Å². The molecule has 0 aromatic heterocycles. The van der Waals surface area contributed by atoms with Crippen LogP contribution < -0.4 is 20.1 Å². The van der Waals surface area contributed by atoms with Gasteiger partial charge in [-0.05, 0) is 62.1 Å². The molecule has 3 amide bonds. The number of nitrogens with zero attached hydrogens (tertiary/aromatic N) is 1. The lowest BCUT2D eigenvalue weighted by Gasteiger charge is -2.35. The Hall–Kier alpha value is -3.19. The highest BCUT2D eigenvalue weighted by atomic mass is 35.5. The first-order valence-corrected chi connectivity index (χ1v) is 11.5. The van der Waals surface area contributed by atoms with Gasteiger partial charge in [-0.3, -0.25) is 4.79 Å². The molecule has 0 bridgehead atoms. The van der Waals surface area contributed by atoms with Crippen molar-refractivity contribution in [3.63, 3.8) is 0 Å². The van der Waals surface area contributed by atoms with Gasteiger partial charge in [-0.15, -0.1) is 0 Å². The lowest BCUT2D eigenvalue weighted by molar-refractivity contribution is -0.129. The van der Waals surface area contributed by atoms with Gasteiger partial charge in [0, 0.05) is 30.9 Å². The lowest BCUT2D eigenvalue weighted by Crippen LogP contribution is -2.49. The topological polar surface area (TPSA) is 79.9 Å². The fraction of sp³-hybridized carbons (Fsp3) is 0.360. The molecule has 2 aromatic rings. The van der Waals surface area contributed by atoms with Crippen LogP contribution in [0.4, 0.5) is 10.5 Å². The normalized spacial score (nSPS) is 15.8. The van der Waals surface area contributed by atoms with E-state index < -0.39 is 0 Å². The van der Waals surface area contributed by atoms with Crippen LogP contribution in [-0.2, 0) is 4.79 Å². The van der Waals surface area contributed by atoms with E-state index >= 15 is 0 Å². The molecule has 0 aliphatic carbocycles. The summed E-state index contributed by atoms with van der Waals surface area (Å²) in [5, 5.41) is 6.11. The summed E-state index contributed by atoms with van der Waals surface area (Å²) in [6.45, 7) is 3.39. The fourth-order valence-corrected chi connectivity index (χ4v) is 4.07. The number of hydrogen-bond donors (Lipinski definition) is 2. The second kappa shape index (κ2) is 12.2. The lowest BCUT2D eigenvalue weighted by atomic mass is 10.0. The summed E-state index contributed by atoms with van der Waals surface area (Å²) < 4.78 is 10.9. The van der Waals surface area contributed by atoms with Gasteiger partial charge < -0.3 is 25.0 Å². The average Bonchev–Trinajstić information content (AvgIpc) is 2.83. The Bertz CT molecular complexity index is 981. The largest absolute Gasteiger partial charge is 0.493 e. The average molecular weight is 472 g/mol. The molecule has 33 heavy (non-hydrogen) atoms. The van der Waals surface area contributed by atoms with E-state index in [2.05, 4.69) is 10.6 Å². The molecule has 1 heterocycles. The molecule has 0 radical (unpaired) electrons. The third kappa shape index (κ3) is 6.89. The summed E-state index contributed by atoms with van der Waals surface area (Å²) in [7, 11) is 1.55. The Morgan fingerprint density at radius 3 is 2.73 bits per heavy atom. The van der Waals surface area contributed by atoms with Crippen molar-refractivity contribution in [3.8, 4) is 11.5 Å². The molecule has 2 N–H and O–H groups in total. The number of amides is 3. The van der Waals surface area contributed by atoms with Crippen molar-refractivity contribution in [3.05, 3.63) is 59.1 Å². The minimum absolute atomic E-state index is 0.0594. The van der Waals surface area contributed by atoms with Gasteiger partial charge in [0.25, 0.3) is 0 Å². The standard InChI is InChI=1S/C25H30ClN3O4/c1-3-33-24-21(26)15-18(16-22(24)32-2)12-13-23(30)29-14-8-7-11-20(29)17-27-25(31)28-19-9-5-4-6-10-19/h4-6,9-10,12-13,15-16,20H,3,7-8,11,14,17H2,1-2H3,(H2,27,28,31). The number of urea groups is 1. The second-order valence-corrected chi connectivity index (χ2v) is 8.09. The first-order valence-electron chi connectivity index (χ1n) is 11.1. The van der Waals surface area contributed by atoms with Crippen molar-refractivity contribution in [2.45, 2.75) is 32.2 Å². The van der Waals surface area contributed by atoms with Gasteiger partial charge in [-0.2, -0.15) is 0 Å². The highest BCUT2D eigenvalue weighted by Gasteiger charge is 2.25. The molecule has 7 nitrogen and oxygen atoms in total. The van der Waals surface area contributed by atoms with Gasteiger partial charge in [-0.25, -0.2) is 4.79 Å². The van der Waals surface area contributed by atoms with E-state index in [0.29, 0.717) is 36.2 Å². The van der Waals surface area contributed by atoms with Crippen LogP contribution in [0.15, 0.2) is 48.5 Å². The van der Waals surface area contributed by atoms with Gasteiger partial charge in [0.15, 0.2) is 11.5 Å². The van der Waals surface area contributed by atoms with Gasteiger partial charge >= 0.3 is 6.03 Å². The van der Waals surface area contributed by atoms with E-state index in [1.165, 1.54) is 6.08 Å². The summed E-state index contributed by atoms with van der Waals surface area (Å²) in [5.41, 5.74) is 1.46. The summed E-state index contributed by atoms with van der Waals surface area (Å²) in [5.74, 6) is 0.899. The molecule has 176 valence electrons. The van der Waals surface area contributed by atoms with Crippen LogP contribution in [0.5, 0.6) is 11.5 Å². The van der Waals surface area contributed by atoms with Crippen molar-refractivity contribution >= 4 is 35.3 Å². The molecular weight excluding hydrogens is 442 g/mol. The Morgan fingerprint density at radius 2 is 2.00 bits per heavy atom. The van der Waals surface area contributed by atoms with Crippen LogP contribution in [0, 0.1) is 0 Å². The third-order valence-corrected chi connectivity index (χ3v) is 5.68. The van der Waals surface area contributed by atoms with Gasteiger partial charge in [0.1, 0.15) is 0 Å². The molecule has 8 heteroatoms. The SMILES string of the molecule is CCOc1c(Cl)cc(C=CC(=O)N2CCCCC2CNC(=O)Nc2ccccc2)cc1OC. The predicted octanol–water partition coefficient (Wildman–Crippen LogP) is 4.96. The molecule has 0 saturated carbocycles. The molecule has 1 aliphatic rings. The van der Waals surface area contributed by atoms with Crippen molar-refractivity contribution < 1.29 is 19.1 Å². The Morgan fingerprint density at radius 1 is 1.21 bits per heavy atom. The minimum Gasteiger partial charge on any atom is -0.493 e. The van der Waals surface area contributed by atoms with Crippen LogP contribution in [0.3, 0.4) is 0 Å². The highest BCUT2D eigenvalue weighted by molar-refractivity contribution is 6.32. The quantitative estimate of drug-likeness (QED) is 0.533. The van der Waals surface area contributed by atoms with Crippen LogP contribution >= 0.6 is 11.6 Å². The maximum atomic E-state index is 12.9. The number of halogens is 1. The summed E-state index contributed by atoms with van der Waals surface area (Å²) in [4.78, 5) is 27.0. The number of ether oxygens (including phenoxy) is 2. The zero-order chi connectivity index (χ0) is 23.6. The number of hydrogen-bond acceptors (Lipinski definition) is 4. The van der Waals surface area contributed by atoms with Gasteiger partial charge in [-0.1, -0.05) is 29.8 Å². The third-order valence-electron chi connectivity index (χ3n) is 5.40. The first-order chi connectivity index (χ1) is 16.0. The number of likely N-dealkylation sites (tertiary alicyclic amines) is 1. The number of carbonyl (C=O) groups is 2. The molecule has 2 aromatic carbocycles. The summed E-state index contributed by atoms with van der Waals surface area (Å²) >= 11 is 6.33. The van der Waals surface area contributed by atoms with Crippen LogP contribution in [0.1, 0.15) is 31.7 Å². The first kappa shape index (κ1) is 24.5. The molecule has 1 saturated heterocycles. The maximum Gasteiger partial charge on any atom is 0.319 e. The fourth-order valence-electron chi connectivity index (χ4n) is 3.79. The summed E-state index contributed by atoms with van der Waals surface area (Å²) in [6.07, 6.45) is 6.05. The summed E-state index contributed by atoms with van der Waals surface area (Å²) in [6, 6.07) is 12.4. The van der Waals surface area contributed by atoms with E-state index in [4.69, 9.17) is 21.1 Å². The predicted molar refractivity (Wildman–Crippen MR) is 131 cm³/mol. The van der Waals surface area contributed by atoms with E-state index in [0.717, 1.165) is 30.5 Å². The van der Waals surface area contributed by atoms with Gasteiger partial charge in [0.2, 0.25) is 5.91 Å². The highest BCUT2D eigenvalue weighted by Crippen LogP contribution is 2.36. The number of anilines is 1. The monoisotopic (exact) mass is 471 g/mol. The maximum absolute atomic E-state index is 12.9. The molecule has 0 spiro atoms. The van der Waals surface area contributed by atoms with Crippen molar-refractivity contribution in [2.24, 2.45) is 0 Å². The molecular formula is C25H30ClN3O4. The number of rotatable bonds is 8. The smallest absolute Gasteiger partial charge is 0.319 e. The number of carbonyl (C=O) groups excluding carboxylic acids is 2. The second-order valence-electron chi connectivity index (χ2n) is 7.68. The zero-order valence-corrected chi connectivity index (χ0v) is 19.7. The molecule has 1 fully saturated rings. The van der Waals surface area contributed by atoms with Crippen LogP contribution in [-0.4, -0.2) is 49.7 Å². The Balaban J connectivity index is 1.62. The minimum atomic E-state index is -0.286. The van der Waals surface area contributed by atoms with Crippen LogP contribution in [0.25, 0.3) is 6.08 Å². The van der Waals surface area contributed by atoms with E-state index in [9.17, 15) is 9.59 Å². The Kier molecular flexibility index (Phi) is 9.01. The number of benzene rings is 2. The van der Waals surface area contributed by atoms with E-state index in [1.807, 2.05) is 42.2 Å². The molecule has 1 atom stereocenters. The van der Waals surface area contributed by atoms with Crippen LogP contribution in [0.2, 0.25) is 5.02 Å². The van der Waals surface area contributed by atoms with Crippen molar-refractivity contribution in [2.75, 3.05) is 32.1 Å². The molecule has 1 unspecified atom stereocenters. The molecule has 3 rings (SSSR count). The molecule has 1 aliphatic heterocycles.